The second kappa shape index (κ2) is 10.4. The van der Waals surface area contributed by atoms with Crippen LogP contribution in [0.3, 0.4) is 0 Å². The number of hydrogen-bond donors (Lipinski definition) is 1. The van der Waals surface area contributed by atoms with Crippen LogP contribution in [0, 0.1) is 0 Å². The molecule has 1 atom stereocenters. The van der Waals surface area contributed by atoms with E-state index in [0.717, 1.165) is 28.5 Å². The van der Waals surface area contributed by atoms with Gasteiger partial charge < -0.3 is 10.1 Å². The molecule has 0 aliphatic carbocycles. The number of amides is 1. The molecule has 0 saturated heterocycles. The molecule has 0 bridgehead atoms. The smallest absolute Gasteiger partial charge is 0.251 e. The summed E-state index contributed by atoms with van der Waals surface area (Å²) in [7, 11) is 1.64. The van der Waals surface area contributed by atoms with E-state index in [0.29, 0.717) is 5.56 Å². The fourth-order valence-electron chi connectivity index (χ4n) is 2.95. The van der Waals surface area contributed by atoms with Gasteiger partial charge in [0.25, 0.3) is 5.91 Å². The molecule has 3 aromatic carbocycles. The molecule has 0 spiro atoms. The molecule has 0 aliphatic heterocycles. The summed E-state index contributed by atoms with van der Waals surface area (Å²) in [5.74, 6) is 1.58. The fourth-order valence-corrected chi connectivity index (χ4v) is 3.93. The van der Waals surface area contributed by atoms with Gasteiger partial charge in [0.1, 0.15) is 5.75 Å². The summed E-state index contributed by atoms with van der Waals surface area (Å²) < 4.78 is 5.20. The van der Waals surface area contributed by atoms with Gasteiger partial charge in [-0.15, -0.1) is 11.8 Å². The highest BCUT2D eigenvalue weighted by Gasteiger charge is 2.14. The Morgan fingerprint density at radius 1 is 1.00 bits per heavy atom. The van der Waals surface area contributed by atoms with Crippen molar-refractivity contribution < 1.29 is 9.53 Å². The Bertz CT molecular complexity index is 925. The first-order valence-corrected chi connectivity index (χ1v) is 10.9. The summed E-state index contributed by atoms with van der Waals surface area (Å²) in [6, 6.07) is 23.4. The summed E-state index contributed by atoms with van der Waals surface area (Å²) in [4.78, 5) is 13.8. The Hall–Kier alpha value is -2.43. The first-order chi connectivity index (χ1) is 14.1. The number of nitrogens with one attached hydrogen (secondary N) is 1. The fraction of sp³-hybridized carbons (Fsp3) is 0.208. The van der Waals surface area contributed by atoms with Crippen molar-refractivity contribution >= 4 is 29.3 Å². The molecule has 0 heterocycles. The molecule has 0 aliphatic rings. The number of thioether (sulfide) groups is 1. The Labute approximate surface area is 181 Å². The van der Waals surface area contributed by atoms with Crippen molar-refractivity contribution in [3.05, 3.63) is 94.5 Å². The lowest BCUT2D eigenvalue weighted by atomic mass is 10.0. The van der Waals surface area contributed by atoms with Crippen LogP contribution in [0.25, 0.3) is 0 Å². The third-order valence-corrected chi connectivity index (χ3v) is 6.00. The molecule has 0 aromatic heterocycles. The highest BCUT2D eigenvalue weighted by Crippen LogP contribution is 2.25. The van der Waals surface area contributed by atoms with Crippen molar-refractivity contribution in [1.82, 2.24) is 5.32 Å². The normalized spacial score (nSPS) is 11.7. The van der Waals surface area contributed by atoms with Crippen LogP contribution in [0.5, 0.6) is 5.75 Å². The lowest BCUT2D eigenvalue weighted by Gasteiger charge is -2.18. The quantitative estimate of drug-likeness (QED) is 0.417. The molecule has 150 valence electrons. The second-order valence-electron chi connectivity index (χ2n) is 6.65. The molecule has 3 nitrogen and oxygen atoms in total. The first-order valence-electron chi connectivity index (χ1n) is 9.51. The zero-order valence-electron chi connectivity index (χ0n) is 16.5. The molecule has 0 radical (unpaired) electrons. The molecular weight excluding hydrogens is 402 g/mol. The number of benzene rings is 3. The molecule has 1 N–H and O–H groups in total. The lowest BCUT2D eigenvalue weighted by Crippen LogP contribution is -2.28. The maximum absolute atomic E-state index is 12.7. The van der Waals surface area contributed by atoms with Crippen LogP contribution in [-0.4, -0.2) is 13.0 Å². The maximum Gasteiger partial charge on any atom is 0.251 e. The lowest BCUT2D eigenvalue weighted by molar-refractivity contribution is 0.0935. The van der Waals surface area contributed by atoms with E-state index in [9.17, 15) is 4.79 Å². The average Bonchev–Trinajstić information content (AvgIpc) is 2.77. The van der Waals surface area contributed by atoms with Gasteiger partial charge in [-0.2, -0.15) is 0 Å². The standard InChI is InChI=1S/C24H24ClNO2S/c1-3-23(18-8-12-21(28-2)13-9-18)26-24(27)19-6-4-17(5-7-19)16-29-22-14-10-20(25)11-15-22/h4-15,23H,3,16H2,1-2H3,(H,26,27)/t23-/m0/s1. The highest BCUT2D eigenvalue weighted by atomic mass is 35.5. The number of carbonyl (C=O) groups is 1. The summed E-state index contributed by atoms with van der Waals surface area (Å²) in [6.45, 7) is 2.06. The van der Waals surface area contributed by atoms with E-state index in [1.54, 1.807) is 18.9 Å². The summed E-state index contributed by atoms with van der Waals surface area (Å²) >= 11 is 7.66. The molecule has 0 saturated carbocycles. The SMILES string of the molecule is CC[C@H](NC(=O)c1ccc(CSc2ccc(Cl)cc2)cc1)c1ccc(OC)cc1. The molecule has 1 amide bonds. The third-order valence-electron chi connectivity index (χ3n) is 4.67. The molecule has 0 fully saturated rings. The summed E-state index contributed by atoms with van der Waals surface area (Å²) in [5, 5.41) is 3.86. The minimum atomic E-state index is -0.0652. The number of carbonyl (C=O) groups excluding carboxylic acids is 1. The number of ether oxygens (including phenoxy) is 1. The summed E-state index contributed by atoms with van der Waals surface area (Å²) in [6.07, 6.45) is 0.813. The van der Waals surface area contributed by atoms with Crippen molar-refractivity contribution in [3.8, 4) is 5.75 Å². The summed E-state index contributed by atoms with van der Waals surface area (Å²) in [5.41, 5.74) is 2.90. The number of rotatable bonds is 8. The monoisotopic (exact) mass is 425 g/mol. The van der Waals surface area contributed by atoms with Crippen molar-refractivity contribution in [2.45, 2.75) is 30.0 Å². The largest absolute Gasteiger partial charge is 0.497 e. The van der Waals surface area contributed by atoms with Crippen molar-refractivity contribution in [1.29, 1.82) is 0 Å². The number of hydrogen-bond acceptors (Lipinski definition) is 3. The van der Waals surface area contributed by atoms with Crippen LogP contribution in [0.15, 0.2) is 77.7 Å². The van der Waals surface area contributed by atoms with Crippen LogP contribution < -0.4 is 10.1 Å². The molecule has 0 unspecified atom stereocenters. The van der Waals surface area contributed by atoms with Gasteiger partial charge in [0.15, 0.2) is 0 Å². The van der Waals surface area contributed by atoms with Gasteiger partial charge in [0.2, 0.25) is 0 Å². The zero-order valence-corrected chi connectivity index (χ0v) is 18.1. The maximum atomic E-state index is 12.7. The highest BCUT2D eigenvalue weighted by molar-refractivity contribution is 7.98. The Kier molecular flexibility index (Phi) is 7.62. The van der Waals surface area contributed by atoms with Gasteiger partial charge in [-0.3, -0.25) is 4.79 Å². The van der Waals surface area contributed by atoms with Crippen molar-refractivity contribution in [2.24, 2.45) is 0 Å². The van der Waals surface area contributed by atoms with E-state index in [1.807, 2.05) is 72.8 Å². The van der Waals surface area contributed by atoms with Gasteiger partial charge in [-0.05, 0) is 66.1 Å². The number of halogens is 1. The molecule has 29 heavy (non-hydrogen) atoms. The van der Waals surface area contributed by atoms with Gasteiger partial charge in [-0.25, -0.2) is 0 Å². The van der Waals surface area contributed by atoms with E-state index in [1.165, 1.54) is 10.5 Å². The van der Waals surface area contributed by atoms with E-state index in [-0.39, 0.29) is 11.9 Å². The van der Waals surface area contributed by atoms with E-state index in [2.05, 4.69) is 12.2 Å². The van der Waals surface area contributed by atoms with Crippen LogP contribution in [0.1, 0.15) is 40.9 Å². The van der Waals surface area contributed by atoms with Crippen LogP contribution in [-0.2, 0) is 5.75 Å². The van der Waals surface area contributed by atoms with Gasteiger partial charge in [0.05, 0.1) is 13.2 Å². The minimum Gasteiger partial charge on any atom is -0.497 e. The Morgan fingerprint density at radius 3 is 2.24 bits per heavy atom. The van der Waals surface area contributed by atoms with Crippen molar-refractivity contribution in [2.75, 3.05) is 7.11 Å². The Morgan fingerprint density at radius 2 is 1.66 bits per heavy atom. The van der Waals surface area contributed by atoms with Crippen molar-refractivity contribution in [3.63, 3.8) is 0 Å². The minimum absolute atomic E-state index is 0.0338. The van der Waals surface area contributed by atoms with Crippen LogP contribution >= 0.6 is 23.4 Å². The average molecular weight is 426 g/mol. The predicted octanol–water partition coefficient (Wildman–Crippen LogP) is 6.52. The molecule has 3 aromatic rings. The Balaban J connectivity index is 1.59. The number of methoxy groups -OCH3 is 1. The second-order valence-corrected chi connectivity index (χ2v) is 8.13. The van der Waals surface area contributed by atoms with E-state index in [4.69, 9.17) is 16.3 Å². The van der Waals surface area contributed by atoms with Gasteiger partial charge in [-0.1, -0.05) is 42.8 Å². The topological polar surface area (TPSA) is 38.3 Å². The van der Waals surface area contributed by atoms with Crippen LogP contribution in [0.4, 0.5) is 0 Å². The molecule has 5 heteroatoms. The predicted molar refractivity (Wildman–Crippen MR) is 121 cm³/mol. The first kappa shape index (κ1) is 21.3. The third kappa shape index (κ3) is 6.02. The molecular formula is C24H24ClNO2S. The molecule has 3 rings (SSSR count). The van der Waals surface area contributed by atoms with E-state index < -0.39 is 0 Å². The van der Waals surface area contributed by atoms with Gasteiger partial charge >= 0.3 is 0 Å². The van der Waals surface area contributed by atoms with Crippen LogP contribution in [0.2, 0.25) is 5.02 Å². The van der Waals surface area contributed by atoms with Gasteiger partial charge in [0, 0.05) is 21.2 Å². The van der Waals surface area contributed by atoms with E-state index >= 15 is 0 Å². The zero-order chi connectivity index (χ0) is 20.6.